The Morgan fingerprint density at radius 3 is 2.03 bits per heavy atom. The predicted molar refractivity (Wildman–Crippen MR) is 129 cm³/mol. The molecule has 1 N–H and O–H groups in total. The molecule has 3 aromatic carbocycles. The zero-order valence-electron chi connectivity index (χ0n) is 19.3. The lowest BCUT2D eigenvalue weighted by Gasteiger charge is -2.15. The van der Waals surface area contributed by atoms with Gasteiger partial charge in [-0.25, -0.2) is 4.39 Å². The van der Waals surface area contributed by atoms with Crippen LogP contribution in [0.25, 0.3) is 12.2 Å². The lowest BCUT2D eigenvalue weighted by atomic mass is 10.1. The van der Waals surface area contributed by atoms with E-state index in [1.807, 2.05) is 0 Å². The van der Waals surface area contributed by atoms with Gasteiger partial charge < -0.3 is 23.7 Å². The van der Waals surface area contributed by atoms with Crippen molar-refractivity contribution in [1.82, 2.24) is 0 Å². The van der Waals surface area contributed by atoms with E-state index < -0.39 is 17.6 Å². The summed E-state index contributed by atoms with van der Waals surface area (Å²) < 4.78 is 77.8. The maximum absolute atomic E-state index is 14.4. The molecule has 3 aromatic rings. The third-order valence-electron chi connectivity index (χ3n) is 4.92. The Kier molecular flexibility index (Phi) is 8.39. The van der Waals surface area contributed by atoms with Gasteiger partial charge in [0.05, 0.1) is 39.7 Å². The summed E-state index contributed by atoms with van der Waals surface area (Å²) in [5.74, 6) is 0.666. The molecular formula is C25H23F4NO4S. The minimum absolute atomic E-state index is 0.0727. The summed E-state index contributed by atoms with van der Waals surface area (Å²) in [7, 11) is 5.82. The van der Waals surface area contributed by atoms with Crippen LogP contribution in [0.3, 0.4) is 0 Å². The smallest absolute Gasteiger partial charge is 0.416 e. The molecule has 0 atom stereocenters. The Bertz CT molecular complexity index is 1190. The first kappa shape index (κ1) is 26.1. The van der Waals surface area contributed by atoms with Crippen molar-refractivity contribution in [3.05, 3.63) is 71.0 Å². The monoisotopic (exact) mass is 509 g/mol. The van der Waals surface area contributed by atoms with Gasteiger partial charge in [0.1, 0.15) is 0 Å². The number of anilines is 1. The molecule has 186 valence electrons. The van der Waals surface area contributed by atoms with E-state index in [1.54, 1.807) is 24.3 Å². The van der Waals surface area contributed by atoms with Crippen LogP contribution in [0.15, 0.2) is 53.4 Å². The summed E-state index contributed by atoms with van der Waals surface area (Å²) in [6, 6.07) is 11.1. The molecule has 0 saturated heterocycles. The maximum Gasteiger partial charge on any atom is 0.416 e. The molecule has 3 rings (SSSR count). The van der Waals surface area contributed by atoms with Gasteiger partial charge in [-0.1, -0.05) is 18.2 Å². The van der Waals surface area contributed by atoms with Gasteiger partial charge >= 0.3 is 6.18 Å². The summed E-state index contributed by atoms with van der Waals surface area (Å²) in [6.07, 6.45) is -1.02. The van der Waals surface area contributed by atoms with E-state index in [4.69, 9.17) is 18.9 Å². The molecule has 0 heterocycles. The normalized spacial score (nSPS) is 11.4. The van der Waals surface area contributed by atoms with Gasteiger partial charge in [-0.15, -0.1) is 0 Å². The third kappa shape index (κ3) is 6.13. The van der Waals surface area contributed by atoms with E-state index in [0.29, 0.717) is 33.3 Å². The highest BCUT2D eigenvalue weighted by Gasteiger charge is 2.30. The number of rotatable bonds is 9. The number of nitrogens with one attached hydrogen (secondary N) is 1. The van der Waals surface area contributed by atoms with E-state index in [2.05, 4.69) is 4.72 Å². The minimum Gasteiger partial charge on any atom is -0.493 e. The summed E-state index contributed by atoms with van der Waals surface area (Å²) in [5.41, 5.74) is 0.729. The first-order valence-corrected chi connectivity index (χ1v) is 11.0. The van der Waals surface area contributed by atoms with Crippen LogP contribution in [0.1, 0.15) is 16.7 Å². The Morgan fingerprint density at radius 1 is 0.800 bits per heavy atom. The molecule has 0 aromatic heterocycles. The molecule has 0 fully saturated rings. The van der Waals surface area contributed by atoms with E-state index in [9.17, 15) is 17.6 Å². The van der Waals surface area contributed by atoms with Crippen LogP contribution >= 0.6 is 11.9 Å². The van der Waals surface area contributed by atoms with Crippen molar-refractivity contribution >= 4 is 29.8 Å². The molecule has 0 amide bonds. The van der Waals surface area contributed by atoms with Gasteiger partial charge in [0.25, 0.3) is 0 Å². The van der Waals surface area contributed by atoms with Crippen molar-refractivity contribution in [2.75, 3.05) is 33.2 Å². The molecule has 0 spiro atoms. The molecule has 35 heavy (non-hydrogen) atoms. The average molecular weight is 510 g/mol. The number of ether oxygens (including phenoxy) is 4. The van der Waals surface area contributed by atoms with Crippen molar-refractivity contribution < 1.29 is 36.5 Å². The second kappa shape index (κ2) is 11.3. The highest BCUT2D eigenvalue weighted by molar-refractivity contribution is 8.00. The molecule has 0 saturated carbocycles. The standard InChI is InChI=1S/C25H23F4NO4S/c1-31-20-12-15(13-21(32-2)24(20)34-4)8-9-16-10-11-19(26)23(33-3)22(16)30-35-18-7-5-6-17(14-18)25(27,28)29/h5-14,30H,1-4H3/b9-8-. The van der Waals surface area contributed by atoms with Gasteiger partial charge in [0.15, 0.2) is 23.1 Å². The molecule has 0 radical (unpaired) electrons. The minimum atomic E-state index is -4.47. The summed E-state index contributed by atoms with van der Waals surface area (Å²) in [4.78, 5) is 0.297. The summed E-state index contributed by atoms with van der Waals surface area (Å²) in [6.45, 7) is 0. The average Bonchev–Trinajstić information content (AvgIpc) is 2.85. The van der Waals surface area contributed by atoms with Crippen LogP contribution in [0.4, 0.5) is 23.2 Å². The Balaban J connectivity index is 1.96. The summed E-state index contributed by atoms with van der Waals surface area (Å²) in [5, 5.41) is 0. The molecule has 0 aliphatic carbocycles. The van der Waals surface area contributed by atoms with Crippen molar-refractivity contribution in [2.24, 2.45) is 0 Å². The van der Waals surface area contributed by atoms with E-state index in [-0.39, 0.29) is 11.4 Å². The van der Waals surface area contributed by atoms with Gasteiger partial charge in [-0.2, -0.15) is 13.2 Å². The fraction of sp³-hybridized carbons (Fsp3) is 0.200. The highest BCUT2D eigenvalue weighted by atomic mass is 32.2. The molecule has 10 heteroatoms. The zero-order chi connectivity index (χ0) is 25.6. The topological polar surface area (TPSA) is 49.0 Å². The van der Waals surface area contributed by atoms with Gasteiger partial charge in [-0.05, 0) is 60.0 Å². The van der Waals surface area contributed by atoms with Crippen LogP contribution in [0.5, 0.6) is 23.0 Å². The van der Waals surface area contributed by atoms with Crippen LogP contribution < -0.4 is 23.7 Å². The second-order valence-electron chi connectivity index (χ2n) is 7.07. The van der Waals surface area contributed by atoms with Crippen LogP contribution in [0.2, 0.25) is 0 Å². The first-order chi connectivity index (χ1) is 16.7. The van der Waals surface area contributed by atoms with Crippen molar-refractivity contribution in [2.45, 2.75) is 11.1 Å². The van der Waals surface area contributed by atoms with Crippen LogP contribution in [-0.4, -0.2) is 28.4 Å². The number of hydrogen-bond acceptors (Lipinski definition) is 6. The molecule has 0 bridgehead atoms. The van der Waals surface area contributed by atoms with Crippen LogP contribution in [-0.2, 0) is 6.18 Å². The fourth-order valence-electron chi connectivity index (χ4n) is 3.25. The molecule has 0 aliphatic heterocycles. The SMILES string of the molecule is COc1cc(/C=C\c2ccc(F)c(OC)c2NSc2cccc(C(F)(F)F)c2)cc(OC)c1OC. The number of halogens is 4. The van der Waals surface area contributed by atoms with Crippen molar-refractivity contribution in [3.63, 3.8) is 0 Å². The van der Waals surface area contributed by atoms with Crippen LogP contribution in [0, 0.1) is 5.82 Å². The first-order valence-electron chi connectivity index (χ1n) is 10.2. The number of alkyl halides is 3. The second-order valence-corrected chi connectivity index (χ2v) is 7.95. The lowest BCUT2D eigenvalue weighted by molar-refractivity contribution is -0.137. The van der Waals surface area contributed by atoms with Gasteiger partial charge in [0, 0.05) is 10.5 Å². The summed E-state index contributed by atoms with van der Waals surface area (Å²) >= 11 is 0.908. The molecular weight excluding hydrogens is 486 g/mol. The van der Waals surface area contributed by atoms with Crippen molar-refractivity contribution in [3.8, 4) is 23.0 Å². The maximum atomic E-state index is 14.4. The molecule has 0 unspecified atom stereocenters. The Labute approximate surface area is 204 Å². The van der Waals surface area contributed by atoms with E-state index in [1.165, 1.54) is 52.7 Å². The fourth-order valence-corrected chi connectivity index (χ4v) is 4.01. The lowest BCUT2D eigenvalue weighted by Crippen LogP contribution is -2.04. The largest absolute Gasteiger partial charge is 0.493 e. The van der Waals surface area contributed by atoms with Crippen molar-refractivity contribution in [1.29, 1.82) is 0 Å². The number of methoxy groups -OCH3 is 4. The third-order valence-corrected chi connectivity index (χ3v) is 5.72. The molecule has 0 aliphatic rings. The predicted octanol–water partition coefficient (Wildman–Crippen LogP) is 7.17. The quantitative estimate of drug-likeness (QED) is 0.188. The number of hydrogen-bond donors (Lipinski definition) is 1. The van der Waals surface area contributed by atoms with Gasteiger partial charge in [-0.3, -0.25) is 0 Å². The Hall–Kier alpha value is -3.53. The molecule has 5 nitrogen and oxygen atoms in total. The van der Waals surface area contributed by atoms with E-state index in [0.717, 1.165) is 24.1 Å². The number of benzene rings is 3. The van der Waals surface area contributed by atoms with E-state index >= 15 is 0 Å². The van der Waals surface area contributed by atoms with Gasteiger partial charge in [0.2, 0.25) is 5.75 Å². The highest BCUT2D eigenvalue weighted by Crippen LogP contribution is 2.40. The Morgan fingerprint density at radius 2 is 1.46 bits per heavy atom. The zero-order valence-corrected chi connectivity index (χ0v) is 20.1.